The van der Waals surface area contributed by atoms with E-state index < -0.39 is 11.7 Å². The highest BCUT2D eigenvalue weighted by Crippen LogP contribution is 2.46. The number of aryl methyl sites for hydroxylation is 2. The van der Waals surface area contributed by atoms with Gasteiger partial charge >= 0.3 is 12.0 Å². The Kier molecular flexibility index (Phi) is 3.87. The Morgan fingerprint density at radius 1 is 1.22 bits per heavy atom. The highest BCUT2D eigenvalue weighted by atomic mass is 16.5. The first kappa shape index (κ1) is 17.4. The van der Waals surface area contributed by atoms with E-state index in [1.54, 1.807) is 23.1 Å². The number of esters is 1. The molecule has 140 valence electrons. The Bertz CT molecular complexity index is 955. The average molecular weight is 366 g/mol. The molecular weight excluding hydrogens is 344 g/mol. The third-order valence-corrected chi connectivity index (χ3v) is 5.44. The molecule has 4 rings (SSSR count). The summed E-state index contributed by atoms with van der Waals surface area (Å²) in [7, 11) is 1.35. The molecule has 2 aliphatic heterocycles. The molecule has 0 aliphatic carbocycles. The predicted octanol–water partition coefficient (Wildman–Crippen LogP) is 3.86. The lowest BCUT2D eigenvalue weighted by molar-refractivity contribution is 0.0377. The van der Waals surface area contributed by atoms with Gasteiger partial charge in [0, 0.05) is 17.7 Å². The van der Waals surface area contributed by atoms with E-state index in [4.69, 9.17) is 9.47 Å². The third-order valence-electron chi connectivity index (χ3n) is 5.44. The topological polar surface area (TPSA) is 67.9 Å². The van der Waals surface area contributed by atoms with Gasteiger partial charge in [-0.25, -0.2) is 9.59 Å². The fourth-order valence-electron chi connectivity index (χ4n) is 3.87. The first-order valence-corrected chi connectivity index (χ1v) is 8.91. The Morgan fingerprint density at radius 2 is 2.00 bits per heavy atom. The molecule has 1 saturated heterocycles. The summed E-state index contributed by atoms with van der Waals surface area (Å²) in [5.74, 6) is 0.250. The van der Waals surface area contributed by atoms with Crippen LogP contribution in [0, 0.1) is 13.8 Å². The largest absolute Gasteiger partial charge is 0.467 e. The molecule has 2 aromatic rings. The molecule has 6 heteroatoms. The number of hydrogen-bond donors (Lipinski definition) is 1. The molecule has 0 aromatic heterocycles. The van der Waals surface area contributed by atoms with Crippen LogP contribution in [0.25, 0.3) is 0 Å². The molecule has 0 spiro atoms. The van der Waals surface area contributed by atoms with Crippen molar-refractivity contribution in [3.63, 3.8) is 0 Å². The second-order valence-corrected chi connectivity index (χ2v) is 7.33. The molecule has 2 aromatic carbocycles. The fraction of sp³-hybridized carbons (Fsp3) is 0.333. The number of urea groups is 1. The molecule has 1 N–H and O–H groups in total. The van der Waals surface area contributed by atoms with Crippen LogP contribution in [-0.4, -0.2) is 24.8 Å². The molecule has 2 bridgehead atoms. The first-order valence-electron chi connectivity index (χ1n) is 8.91. The van der Waals surface area contributed by atoms with Gasteiger partial charge < -0.3 is 14.8 Å². The number of carbonyl (C=O) groups is 2. The van der Waals surface area contributed by atoms with Crippen LogP contribution >= 0.6 is 0 Å². The van der Waals surface area contributed by atoms with Gasteiger partial charge in [0.1, 0.15) is 5.75 Å². The van der Waals surface area contributed by atoms with Gasteiger partial charge in [0.05, 0.1) is 18.7 Å². The zero-order chi connectivity index (χ0) is 19.3. The second kappa shape index (κ2) is 6.01. The van der Waals surface area contributed by atoms with E-state index >= 15 is 0 Å². The first-order chi connectivity index (χ1) is 12.8. The van der Waals surface area contributed by atoms with Crippen LogP contribution in [0.2, 0.25) is 0 Å². The minimum atomic E-state index is -0.811. The van der Waals surface area contributed by atoms with Gasteiger partial charge in [-0.2, -0.15) is 0 Å². The molecular formula is C21H22N2O4. The molecule has 2 unspecified atom stereocenters. The van der Waals surface area contributed by atoms with Gasteiger partial charge in [0.25, 0.3) is 0 Å². The van der Waals surface area contributed by atoms with E-state index in [-0.39, 0.29) is 12.1 Å². The van der Waals surface area contributed by atoms with Gasteiger partial charge in [-0.1, -0.05) is 6.07 Å². The van der Waals surface area contributed by atoms with Crippen LogP contribution in [0.3, 0.4) is 0 Å². The standard InChI is InChI=1S/C21H22N2O4/c1-12-5-7-15(9-13(12)2)23-20(25)22-17-11-21(23,3)27-18-8-6-14(10-16(17)18)19(24)26-4/h5-10,17H,11H2,1-4H3,(H,22,25). The normalized spacial score (nSPS) is 23.2. The quantitative estimate of drug-likeness (QED) is 0.820. The van der Waals surface area contributed by atoms with Crippen molar-refractivity contribution >= 4 is 17.7 Å². The highest BCUT2D eigenvalue weighted by Gasteiger charge is 2.50. The Hall–Kier alpha value is -3.02. The number of rotatable bonds is 2. The summed E-state index contributed by atoms with van der Waals surface area (Å²) in [4.78, 5) is 26.4. The van der Waals surface area contributed by atoms with Crippen LogP contribution in [0.1, 0.15) is 46.4 Å². The number of carbonyl (C=O) groups excluding carboxylic acids is 2. The number of anilines is 1. The summed E-state index contributed by atoms with van der Waals surface area (Å²) in [5.41, 5.74) is 3.51. The number of methoxy groups -OCH3 is 1. The number of nitrogens with one attached hydrogen (secondary N) is 1. The summed E-state index contributed by atoms with van der Waals surface area (Å²) in [6.45, 7) is 5.99. The minimum Gasteiger partial charge on any atom is -0.467 e. The number of ether oxygens (including phenoxy) is 2. The van der Waals surface area contributed by atoms with Crippen LogP contribution in [0.4, 0.5) is 10.5 Å². The van der Waals surface area contributed by atoms with Crippen LogP contribution in [0.15, 0.2) is 36.4 Å². The molecule has 2 atom stereocenters. The zero-order valence-corrected chi connectivity index (χ0v) is 15.8. The molecule has 2 heterocycles. The molecule has 0 radical (unpaired) electrons. The van der Waals surface area contributed by atoms with E-state index in [2.05, 4.69) is 5.32 Å². The summed E-state index contributed by atoms with van der Waals surface area (Å²) >= 11 is 0. The second-order valence-electron chi connectivity index (χ2n) is 7.33. The monoisotopic (exact) mass is 366 g/mol. The van der Waals surface area contributed by atoms with Crippen molar-refractivity contribution in [1.82, 2.24) is 5.32 Å². The molecule has 0 saturated carbocycles. The summed E-state index contributed by atoms with van der Waals surface area (Å²) in [6.07, 6.45) is 0.573. The van der Waals surface area contributed by atoms with E-state index in [1.165, 1.54) is 12.7 Å². The van der Waals surface area contributed by atoms with Gasteiger partial charge in [-0.05, 0) is 62.2 Å². The lowest BCUT2D eigenvalue weighted by Gasteiger charge is -2.50. The van der Waals surface area contributed by atoms with Crippen molar-refractivity contribution in [1.29, 1.82) is 0 Å². The van der Waals surface area contributed by atoms with Crippen molar-refractivity contribution in [2.24, 2.45) is 0 Å². The van der Waals surface area contributed by atoms with Crippen LogP contribution in [-0.2, 0) is 4.74 Å². The number of amides is 2. The van der Waals surface area contributed by atoms with Crippen LogP contribution in [0.5, 0.6) is 5.75 Å². The van der Waals surface area contributed by atoms with E-state index in [1.807, 2.05) is 39.0 Å². The minimum absolute atomic E-state index is 0.217. The number of nitrogens with zero attached hydrogens (tertiary/aromatic N) is 1. The average Bonchev–Trinajstić information content (AvgIpc) is 2.63. The molecule has 27 heavy (non-hydrogen) atoms. The SMILES string of the molecule is COC(=O)c1ccc2c(c1)C1CC(C)(O2)N(c2ccc(C)c(C)c2)C(=O)N1. The third kappa shape index (κ3) is 2.72. The Balaban J connectivity index is 1.76. The lowest BCUT2D eigenvalue weighted by Crippen LogP contribution is -2.65. The van der Waals surface area contributed by atoms with E-state index in [0.29, 0.717) is 17.7 Å². The maximum absolute atomic E-state index is 12.9. The van der Waals surface area contributed by atoms with Crippen molar-refractivity contribution < 1.29 is 19.1 Å². The Labute approximate surface area is 158 Å². The molecule has 2 aliphatic rings. The fourth-order valence-corrected chi connectivity index (χ4v) is 3.87. The Morgan fingerprint density at radius 3 is 2.70 bits per heavy atom. The molecule has 6 nitrogen and oxygen atoms in total. The number of fused-ring (bicyclic) bond motifs is 4. The number of hydrogen-bond acceptors (Lipinski definition) is 4. The summed E-state index contributed by atoms with van der Waals surface area (Å²) in [5, 5.41) is 3.05. The van der Waals surface area contributed by atoms with Crippen molar-refractivity contribution in [3.8, 4) is 5.75 Å². The molecule has 2 amide bonds. The van der Waals surface area contributed by atoms with Crippen molar-refractivity contribution in [3.05, 3.63) is 58.7 Å². The summed E-state index contributed by atoms with van der Waals surface area (Å²) < 4.78 is 11.1. The van der Waals surface area contributed by atoms with Crippen molar-refractivity contribution in [2.75, 3.05) is 12.0 Å². The van der Waals surface area contributed by atoms with Gasteiger partial charge in [-0.3, -0.25) is 4.90 Å². The number of benzene rings is 2. The summed E-state index contributed by atoms with van der Waals surface area (Å²) in [6, 6.07) is 10.7. The van der Waals surface area contributed by atoms with Crippen molar-refractivity contribution in [2.45, 2.75) is 39.0 Å². The molecule has 1 fully saturated rings. The van der Waals surface area contributed by atoms with Gasteiger partial charge in [0.15, 0.2) is 5.72 Å². The van der Waals surface area contributed by atoms with Crippen LogP contribution < -0.4 is 15.0 Å². The lowest BCUT2D eigenvalue weighted by atomic mass is 9.89. The zero-order valence-electron chi connectivity index (χ0n) is 15.8. The van der Waals surface area contributed by atoms with E-state index in [0.717, 1.165) is 16.8 Å². The maximum atomic E-state index is 12.9. The maximum Gasteiger partial charge on any atom is 0.337 e. The smallest absolute Gasteiger partial charge is 0.337 e. The van der Waals surface area contributed by atoms with E-state index in [9.17, 15) is 9.59 Å². The van der Waals surface area contributed by atoms with Gasteiger partial charge in [-0.15, -0.1) is 0 Å². The highest BCUT2D eigenvalue weighted by molar-refractivity contribution is 5.95. The van der Waals surface area contributed by atoms with Gasteiger partial charge in [0.2, 0.25) is 0 Å². The predicted molar refractivity (Wildman–Crippen MR) is 101 cm³/mol.